The average molecular weight is 221 g/mol. The molecule has 0 saturated heterocycles. The van der Waals surface area contributed by atoms with Gasteiger partial charge in [0.15, 0.2) is 0 Å². The topological polar surface area (TPSA) is 37.4 Å². The van der Waals surface area contributed by atoms with Gasteiger partial charge in [0.1, 0.15) is 5.78 Å². The van der Waals surface area contributed by atoms with Crippen molar-refractivity contribution in [1.82, 2.24) is 4.90 Å². The van der Waals surface area contributed by atoms with Crippen molar-refractivity contribution in [2.24, 2.45) is 0 Å². The zero-order valence-electron chi connectivity index (χ0n) is 7.69. The number of amides is 1. The number of carbonyl (C=O) groups is 2. The number of hydrogen-bond acceptors (Lipinski definition) is 2. The van der Waals surface area contributed by atoms with Gasteiger partial charge in [-0.1, -0.05) is 0 Å². The van der Waals surface area contributed by atoms with Crippen LogP contribution in [0.2, 0.25) is 0 Å². The first-order chi connectivity index (χ1) is 5.11. The van der Waals surface area contributed by atoms with Gasteiger partial charge in [0.25, 0.3) is 0 Å². The van der Waals surface area contributed by atoms with Crippen LogP contribution < -0.4 is 0 Å². The third-order valence-corrected chi connectivity index (χ3v) is 1.52. The minimum Gasteiger partial charge on any atom is -0.343 e. The molecule has 4 heteroatoms. The molecule has 0 unspecified atom stereocenters. The molecule has 0 atom stereocenters. The molecule has 12 heavy (non-hydrogen) atoms. The molecule has 0 heterocycles. The van der Waals surface area contributed by atoms with Crippen LogP contribution >= 0.6 is 0 Å². The van der Waals surface area contributed by atoms with Crippen molar-refractivity contribution in [3.63, 3.8) is 0 Å². The summed E-state index contributed by atoms with van der Waals surface area (Å²) >= 11 is 0. The minimum absolute atomic E-state index is 0. The molecule has 0 spiro atoms. The zero-order chi connectivity index (χ0) is 8.85. The van der Waals surface area contributed by atoms with Crippen LogP contribution in [0.25, 0.3) is 0 Å². The summed E-state index contributed by atoms with van der Waals surface area (Å²) in [5.41, 5.74) is 0. The van der Waals surface area contributed by atoms with Gasteiger partial charge in [-0.25, -0.2) is 0 Å². The number of carbonyl (C=O) groups excluding carboxylic acids is 2. The molecule has 1 amide bonds. The standard InChI is InChI=1S/C8H15NO2.Cu/c1-4-9(5-2)8(11)6-7(3)10;/h4-6H2,1-3H3;. The molecule has 0 fully saturated rings. The fourth-order valence-corrected chi connectivity index (χ4v) is 0.901. The molecule has 0 saturated carbocycles. The van der Waals surface area contributed by atoms with Crippen molar-refractivity contribution in [3.05, 3.63) is 0 Å². The molecule has 0 aromatic heterocycles. The summed E-state index contributed by atoms with van der Waals surface area (Å²) in [4.78, 5) is 23.3. The largest absolute Gasteiger partial charge is 0.343 e. The van der Waals surface area contributed by atoms with E-state index in [0.29, 0.717) is 13.1 Å². The van der Waals surface area contributed by atoms with Gasteiger partial charge in [-0.2, -0.15) is 0 Å². The normalized spacial score (nSPS) is 8.58. The van der Waals surface area contributed by atoms with E-state index in [-0.39, 0.29) is 35.2 Å². The van der Waals surface area contributed by atoms with Crippen molar-refractivity contribution < 1.29 is 26.7 Å². The maximum atomic E-state index is 11.1. The first-order valence-corrected chi connectivity index (χ1v) is 3.89. The Morgan fingerprint density at radius 2 is 1.58 bits per heavy atom. The Morgan fingerprint density at radius 3 is 1.83 bits per heavy atom. The molecule has 0 aliphatic heterocycles. The number of nitrogens with zero attached hydrogens (tertiary/aromatic N) is 1. The Morgan fingerprint density at radius 1 is 1.17 bits per heavy atom. The molecule has 75 valence electrons. The van der Waals surface area contributed by atoms with Crippen LogP contribution in [0.5, 0.6) is 0 Å². The summed E-state index contributed by atoms with van der Waals surface area (Å²) in [7, 11) is 0. The van der Waals surface area contributed by atoms with Crippen LogP contribution in [0, 0.1) is 0 Å². The second-order valence-electron chi connectivity index (χ2n) is 2.44. The van der Waals surface area contributed by atoms with Gasteiger partial charge < -0.3 is 4.90 Å². The second-order valence-corrected chi connectivity index (χ2v) is 2.44. The molecular weight excluding hydrogens is 206 g/mol. The summed E-state index contributed by atoms with van der Waals surface area (Å²) in [6.45, 7) is 6.61. The van der Waals surface area contributed by atoms with Crippen LogP contribution in [-0.2, 0) is 26.7 Å². The van der Waals surface area contributed by atoms with Gasteiger partial charge in [0.2, 0.25) is 5.91 Å². The quantitative estimate of drug-likeness (QED) is 0.520. The maximum Gasteiger partial charge on any atom is 0.229 e. The molecule has 0 aliphatic carbocycles. The van der Waals surface area contributed by atoms with E-state index in [4.69, 9.17) is 0 Å². The summed E-state index contributed by atoms with van der Waals surface area (Å²) in [5, 5.41) is 0. The van der Waals surface area contributed by atoms with E-state index in [9.17, 15) is 9.59 Å². The predicted octanol–water partition coefficient (Wildman–Crippen LogP) is 0.831. The van der Waals surface area contributed by atoms with Crippen molar-refractivity contribution in [3.8, 4) is 0 Å². The average Bonchev–Trinajstić information content (AvgIpc) is 1.88. The zero-order valence-corrected chi connectivity index (χ0v) is 8.63. The van der Waals surface area contributed by atoms with E-state index in [1.807, 2.05) is 13.8 Å². The second kappa shape index (κ2) is 7.32. The van der Waals surface area contributed by atoms with Crippen LogP contribution in [-0.4, -0.2) is 29.7 Å². The monoisotopic (exact) mass is 220 g/mol. The molecule has 0 aliphatic rings. The number of hydrogen-bond donors (Lipinski definition) is 0. The number of rotatable bonds is 4. The Bertz CT molecular complexity index is 155. The van der Waals surface area contributed by atoms with E-state index in [0.717, 1.165) is 0 Å². The molecule has 3 nitrogen and oxygen atoms in total. The van der Waals surface area contributed by atoms with E-state index in [1.54, 1.807) is 4.90 Å². The number of ketones is 1. The van der Waals surface area contributed by atoms with E-state index >= 15 is 0 Å². The van der Waals surface area contributed by atoms with E-state index in [1.165, 1.54) is 6.92 Å². The summed E-state index contributed by atoms with van der Waals surface area (Å²) in [6.07, 6.45) is 0.0433. The van der Waals surface area contributed by atoms with Crippen molar-refractivity contribution >= 4 is 11.7 Å². The van der Waals surface area contributed by atoms with Gasteiger partial charge in [-0.05, 0) is 20.8 Å². The van der Waals surface area contributed by atoms with E-state index < -0.39 is 0 Å². The first-order valence-electron chi connectivity index (χ1n) is 3.89. The van der Waals surface area contributed by atoms with Crippen molar-refractivity contribution in [2.45, 2.75) is 27.2 Å². The summed E-state index contributed by atoms with van der Waals surface area (Å²) in [6, 6.07) is 0. The Kier molecular flexibility index (Phi) is 8.66. The summed E-state index contributed by atoms with van der Waals surface area (Å²) in [5.74, 6) is -0.135. The van der Waals surface area contributed by atoms with Gasteiger partial charge >= 0.3 is 0 Å². The van der Waals surface area contributed by atoms with Gasteiger partial charge in [0.05, 0.1) is 6.42 Å². The Balaban J connectivity index is 0. The third kappa shape index (κ3) is 5.33. The molecule has 0 bridgehead atoms. The fourth-order valence-electron chi connectivity index (χ4n) is 0.901. The molecule has 1 radical (unpaired) electrons. The fraction of sp³-hybridized carbons (Fsp3) is 0.750. The van der Waals surface area contributed by atoms with Crippen molar-refractivity contribution in [2.75, 3.05) is 13.1 Å². The van der Waals surface area contributed by atoms with Crippen molar-refractivity contribution in [1.29, 1.82) is 0 Å². The van der Waals surface area contributed by atoms with Gasteiger partial charge in [0, 0.05) is 30.2 Å². The molecule has 0 rings (SSSR count). The maximum absolute atomic E-state index is 11.1. The van der Waals surface area contributed by atoms with Gasteiger partial charge in [-0.3, -0.25) is 9.59 Å². The third-order valence-electron chi connectivity index (χ3n) is 1.52. The smallest absolute Gasteiger partial charge is 0.229 e. The van der Waals surface area contributed by atoms with Gasteiger partial charge in [-0.15, -0.1) is 0 Å². The van der Waals surface area contributed by atoms with Crippen LogP contribution in [0.4, 0.5) is 0 Å². The molecular formula is C8H15CuNO2. The molecule has 0 aromatic rings. The van der Waals surface area contributed by atoms with Crippen LogP contribution in [0.15, 0.2) is 0 Å². The molecule has 0 aromatic carbocycles. The van der Waals surface area contributed by atoms with Crippen LogP contribution in [0.3, 0.4) is 0 Å². The predicted molar refractivity (Wildman–Crippen MR) is 43.2 cm³/mol. The Hall–Kier alpha value is -0.341. The minimum atomic E-state index is -0.0677. The summed E-state index contributed by atoms with van der Waals surface area (Å²) < 4.78 is 0. The Labute approximate surface area is 84.0 Å². The first kappa shape index (κ1) is 14.2. The molecule has 0 N–H and O–H groups in total. The number of Topliss-reactive ketones (excluding diaryl/α,β-unsaturated/α-hetero) is 1. The van der Waals surface area contributed by atoms with Crippen LogP contribution in [0.1, 0.15) is 27.2 Å². The SMILES string of the molecule is CCN(CC)C(=O)CC(C)=O.[Cu]. The van der Waals surface area contributed by atoms with E-state index in [2.05, 4.69) is 0 Å².